The average molecular weight is 439 g/mol. The molecule has 0 aliphatic carbocycles. The van der Waals surface area contributed by atoms with Crippen LogP contribution >= 0.6 is 0 Å². The fraction of sp³-hybridized carbons (Fsp3) is 0.333. The Bertz CT molecular complexity index is 1080. The summed E-state index contributed by atoms with van der Waals surface area (Å²) in [5.41, 5.74) is 2.29. The lowest BCUT2D eigenvalue weighted by Crippen LogP contribution is -2.32. The molecule has 0 amide bonds. The number of fused-ring (bicyclic) bond motifs is 1. The van der Waals surface area contributed by atoms with E-state index in [1.165, 1.54) is 6.07 Å². The highest BCUT2D eigenvalue weighted by molar-refractivity contribution is 5.93. The molecule has 1 aliphatic heterocycles. The highest BCUT2D eigenvalue weighted by Crippen LogP contribution is 2.32. The summed E-state index contributed by atoms with van der Waals surface area (Å²) in [6.45, 7) is 5.80. The van der Waals surface area contributed by atoms with Gasteiger partial charge in [0.05, 0.1) is 18.9 Å². The van der Waals surface area contributed by atoms with E-state index in [-0.39, 0.29) is 12.4 Å². The quantitative estimate of drug-likeness (QED) is 0.439. The number of benzene rings is 2. The molecule has 1 aliphatic rings. The van der Waals surface area contributed by atoms with Crippen molar-refractivity contribution >= 4 is 11.6 Å². The lowest BCUT2D eigenvalue weighted by Gasteiger charge is -2.14. The highest BCUT2D eigenvalue weighted by Gasteiger charge is 2.12. The molecule has 0 spiro atoms. The Balaban J connectivity index is 1.48. The summed E-state index contributed by atoms with van der Waals surface area (Å²) in [7, 11) is 0. The molecule has 2 heterocycles. The van der Waals surface area contributed by atoms with Crippen molar-refractivity contribution < 1.29 is 18.3 Å². The number of guanidine groups is 1. The molecule has 168 valence electrons. The van der Waals surface area contributed by atoms with Crippen molar-refractivity contribution in [1.29, 1.82) is 0 Å². The minimum absolute atomic E-state index is 0.214. The van der Waals surface area contributed by atoms with Gasteiger partial charge in [-0.2, -0.15) is 0 Å². The number of nitrogens with one attached hydrogen (secondary N) is 2. The van der Waals surface area contributed by atoms with Crippen molar-refractivity contribution in [2.24, 2.45) is 4.99 Å². The summed E-state index contributed by atoms with van der Waals surface area (Å²) in [5.74, 6) is 3.05. The van der Waals surface area contributed by atoms with Crippen LogP contribution in [0, 0.1) is 19.7 Å². The number of hydrogen-bond donors (Lipinski definition) is 2. The largest absolute Gasteiger partial charge is 0.490 e. The van der Waals surface area contributed by atoms with Gasteiger partial charge in [0, 0.05) is 24.7 Å². The third-order valence-electron chi connectivity index (χ3n) is 5.10. The predicted molar refractivity (Wildman–Crippen MR) is 121 cm³/mol. The van der Waals surface area contributed by atoms with Crippen molar-refractivity contribution in [3.63, 3.8) is 0 Å². The van der Waals surface area contributed by atoms with Crippen LogP contribution in [-0.2, 0) is 13.0 Å². The molecule has 7 nitrogen and oxygen atoms in total. The number of nitrogens with zero attached hydrogens (tertiary/aromatic N) is 2. The summed E-state index contributed by atoms with van der Waals surface area (Å²) in [4.78, 5) is 8.98. The van der Waals surface area contributed by atoms with Crippen molar-refractivity contribution in [2.45, 2.75) is 33.2 Å². The maximum atomic E-state index is 13.9. The number of aliphatic imine (C=N–C) groups is 1. The molecular weight excluding hydrogens is 411 g/mol. The number of halogens is 1. The summed E-state index contributed by atoms with van der Waals surface area (Å²) < 4.78 is 31.1. The first-order valence-electron chi connectivity index (χ1n) is 10.7. The zero-order valence-corrected chi connectivity index (χ0v) is 18.3. The second kappa shape index (κ2) is 10.2. The fourth-order valence-corrected chi connectivity index (χ4v) is 3.29. The molecule has 32 heavy (non-hydrogen) atoms. The molecule has 0 radical (unpaired) electrons. The Morgan fingerprint density at radius 2 is 1.91 bits per heavy atom. The molecule has 3 aromatic rings. The maximum absolute atomic E-state index is 13.9. The Morgan fingerprint density at radius 3 is 2.69 bits per heavy atom. The topological polar surface area (TPSA) is 80.9 Å². The van der Waals surface area contributed by atoms with Gasteiger partial charge in [-0.3, -0.25) is 0 Å². The number of ether oxygens (including phenoxy) is 2. The van der Waals surface area contributed by atoms with Gasteiger partial charge < -0.3 is 24.5 Å². The number of aryl methyl sites for hydroxylation is 2. The molecule has 0 fully saturated rings. The van der Waals surface area contributed by atoms with E-state index in [1.807, 2.05) is 38.1 Å². The van der Waals surface area contributed by atoms with Gasteiger partial charge in [0.1, 0.15) is 18.1 Å². The van der Waals surface area contributed by atoms with Gasteiger partial charge in [-0.1, -0.05) is 18.2 Å². The maximum Gasteiger partial charge on any atom is 0.216 e. The molecule has 0 saturated carbocycles. The van der Waals surface area contributed by atoms with Crippen LogP contribution in [0.3, 0.4) is 0 Å². The normalized spacial score (nSPS) is 13.5. The van der Waals surface area contributed by atoms with E-state index in [0.717, 1.165) is 29.3 Å². The summed E-state index contributed by atoms with van der Waals surface area (Å²) in [5, 5.41) is 6.54. The zero-order chi connectivity index (χ0) is 22.3. The molecule has 0 atom stereocenters. The van der Waals surface area contributed by atoms with E-state index in [0.29, 0.717) is 49.3 Å². The Kier molecular flexibility index (Phi) is 6.89. The van der Waals surface area contributed by atoms with Gasteiger partial charge in [0.25, 0.3) is 0 Å². The molecule has 8 heteroatoms. The van der Waals surface area contributed by atoms with E-state index in [9.17, 15) is 4.39 Å². The number of aromatic nitrogens is 1. The number of rotatable bonds is 6. The molecule has 0 bridgehead atoms. The first-order chi connectivity index (χ1) is 15.6. The van der Waals surface area contributed by atoms with Gasteiger partial charge in [0.2, 0.25) is 5.89 Å². The Hall–Kier alpha value is -3.55. The molecule has 1 aromatic heterocycles. The van der Waals surface area contributed by atoms with Crippen molar-refractivity contribution in [2.75, 3.05) is 25.1 Å². The Labute approximate surface area is 186 Å². The van der Waals surface area contributed by atoms with Crippen LogP contribution in [0.4, 0.5) is 10.1 Å². The third kappa shape index (κ3) is 5.57. The van der Waals surface area contributed by atoms with E-state index in [2.05, 4.69) is 20.6 Å². The molecule has 2 aromatic carbocycles. The SMILES string of the molecule is Cc1nc(CN=C(NCCc2ccccc2F)Nc2ccc3c(c2)OCCCO3)oc1C. The number of hydrogen-bond acceptors (Lipinski definition) is 5. The first kappa shape index (κ1) is 21.7. The number of anilines is 1. The molecular formula is C24H27FN4O3. The molecule has 4 rings (SSSR count). The van der Waals surface area contributed by atoms with Crippen LogP contribution in [0.2, 0.25) is 0 Å². The predicted octanol–water partition coefficient (Wildman–Crippen LogP) is 4.39. The average Bonchev–Trinajstić information content (AvgIpc) is 2.97. The minimum Gasteiger partial charge on any atom is -0.490 e. The van der Waals surface area contributed by atoms with Crippen LogP contribution in [-0.4, -0.2) is 30.7 Å². The van der Waals surface area contributed by atoms with Crippen LogP contribution < -0.4 is 20.1 Å². The van der Waals surface area contributed by atoms with E-state index in [4.69, 9.17) is 13.9 Å². The van der Waals surface area contributed by atoms with Gasteiger partial charge in [0.15, 0.2) is 17.5 Å². The second-order valence-electron chi connectivity index (χ2n) is 7.52. The minimum atomic E-state index is -0.214. The van der Waals surface area contributed by atoms with Gasteiger partial charge in [-0.25, -0.2) is 14.4 Å². The van der Waals surface area contributed by atoms with Gasteiger partial charge >= 0.3 is 0 Å². The molecule has 0 unspecified atom stereocenters. The van der Waals surface area contributed by atoms with Gasteiger partial charge in [-0.15, -0.1) is 0 Å². The van der Waals surface area contributed by atoms with E-state index in [1.54, 1.807) is 12.1 Å². The standard InChI is InChI=1S/C24H27FN4O3/c1-16-17(2)32-23(28-16)15-27-24(26-11-10-18-6-3-4-7-20(18)25)29-19-8-9-21-22(14-19)31-13-5-12-30-21/h3-4,6-9,14H,5,10-13,15H2,1-2H3,(H2,26,27,29). The Morgan fingerprint density at radius 1 is 1.09 bits per heavy atom. The number of oxazole rings is 1. The van der Waals surface area contributed by atoms with E-state index >= 15 is 0 Å². The van der Waals surface area contributed by atoms with Crippen LogP contribution in [0.5, 0.6) is 11.5 Å². The van der Waals surface area contributed by atoms with Crippen molar-refractivity contribution in [1.82, 2.24) is 10.3 Å². The van der Waals surface area contributed by atoms with Crippen molar-refractivity contribution in [3.05, 3.63) is 71.2 Å². The van der Waals surface area contributed by atoms with Gasteiger partial charge in [-0.05, 0) is 44.0 Å². The second-order valence-corrected chi connectivity index (χ2v) is 7.52. The zero-order valence-electron chi connectivity index (χ0n) is 18.3. The molecule has 2 N–H and O–H groups in total. The summed E-state index contributed by atoms with van der Waals surface area (Å²) in [6, 6.07) is 12.4. The lowest BCUT2D eigenvalue weighted by molar-refractivity contribution is 0.297. The highest BCUT2D eigenvalue weighted by atomic mass is 19.1. The van der Waals surface area contributed by atoms with Crippen LogP contribution in [0.25, 0.3) is 0 Å². The monoisotopic (exact) mass is 438 g/mol. The van der Waals surface area contributed by atoms with Crippen molar-refractivity contribution in [3.8, 4) is 11.5 Å². The summed E-state index contributed by atoms with van der Waals surface area (Å²) >= 11 is 0. The van der Waals surface area contributed by atoms with Crippen LogP contribution in [0.15, 0.2) is 51.9 Å². The van der Waals surface area contributed by atoms with E-state index < -0.39 is 0 Å². The third-order valence-corrected chi connectivity index (χ3v) is 5.10. The smallest absolute Gasteiger partial charge is 0.216 e. The molecule has 0 saturated heterocycles. The fourth-order valence-electron chi connectivity index (χ4n) is 3.29. The lowest BCUT2D eigenvalue weighted by atomic mass is 10.1. The first-order valence-corrected chi connectivity index (χ1v) is 10.7. The summed E-state index contributed by atoms with van der Waals surface area (Å²) in [6.07, 6.45) is 1.36. The van der Waals surface area contributed by atoms with Crippen LogP contribution in [0.1, 0.15) is 29.3 Å².